The number of thiophene rings is 1. The maximum atomic E-state index is 5.40. The molecule has 148 valence electrons. The number of aryl methyl sites for hydroxylation is 2. The first-order valence-corrected chi connectivity index (χ1v) is 11.3. The van der Waals surface area contributed by atoms with Gasteiger partial charge in [-0.1, -0.05) is 0 Å². The Morgan fingerprint density at radius 2 is 2.07 bits per heavy atom. The summed E-state index contributed by atoms with van der Waals surface area (Å²) < 4.78 is 5.40. The third kappa shape index (κ3) is 4.57. The van der Waals surface area contributed by atoms with E-state index >= 15 is 0 Å². The Hall–Kier alpha value is -1.87. The molecule has 4 heterocycles. The number of hydrogen-bond acceptors (Lipinski definition) is 8. The summed E-state index contributed by atoms with van der Waals surface area (Å²) in [6, 6.07) is 2.11. The molecular formula is C20H25N5OS2. The van der Waals surface area contributed by atoms with E-state index in [1.807, 2.05) is 13.1 Å². The van der Waals surface area contributed by atoms with E-state index in [1.165, 1.54) is 4.88 Å². The van der Waals surface area contributed by atoms with E-state index in [2.05, 4.69) is 39.0 Å². The molecule has 0 spiro atoms. The van der Waals surface area contributed by atoms with Crippen molar-refractivity contribution in [2.24, 2.45) is 0 Å². The standard InChI is InChI=1S/C20H25N5OS2/c1-14-15(2)28-19(23-14)18-17(16-4-11-27-13-16)12-22-20(24-18)21-5-3-6-25-7-9-26-10-8-25/h4,11-13H,3,5-10H2,1-2H3,(H,21,22,24). The summed E-state index contributed by atoms with van der Waals surface area (Å²) in [5, 5.41) is 8.55. The summed E-state index contributed by atoms with van der Waals surface area (Å²) in [5.41, 5.74) is 4.15. The Balaban J connectivity index is 1.48. The second kappa shape index (κ2) is 9.09. The smallest absolute Gasteiger partial charge is 0.223 e. The van der Waals surface area contributed by atoms with Gasteiger partial charge in [0.1, 0.15) is 10.7 Å². The SMILES string of the molecule is Cc1nc(-c2nc(NCCCN3CCOCC3)ncc2-c2ccsc2)sc1C. The molecule has 3 aromatic rings. The molecule has 8 heteroatoms. The van der Waals surface area contributed by atoms with Crippen molar-refractivity contribution in [2.45, 2.75) is 20.3 Å². The van der Waals surface area contributed by atoms with E-state index in [4.69, 9.17) is 14.7 Å². The van der Waals surface area contributed by atoms with E-state index < -0.39 is 0 Å². The molecular weight excluding hydrogens is 390 g/mol. The van der Waals surface area contributed by atoms with Crippen molar-refractivity contribution in [3.05, 3.63) is 33.6 Å². The molecule has 0 unspecified atom stereocenters. The Morgan fingerprint density at radius 3 is 2.79 bits per heavy atom. The largest absolute Gasteiger partial charge is 0.379 e. The van der Waals surface area contributed by atoms with Crippen LogP contribution in [-0.2, 0) is 4.74 Å². The number of nitrogens with one attached hydrogen (secondary N) is 1. The van der Waals surface area contributed by atoms with Crippen molar-refractivity contribution in [1.29, 1.82) is 0 Å². The summed E-state index contributed by atoms with van der Waals surface area (Å²) in [4.78, 5) is 17.8. The minimum absolute atomic E-state index is 0.668. The van der Waals surface area contributed by atoms with Crippen molar-refractivity contribution >= 4 is 28.6 Å². The molecule has 1 aliphatic heterocycles. The van der Waals surface area contributed by atoms with Gasteiger partial charge in [0.05, 0.1) is 18.9 Å². The zero-order valence-corrected chi connectivity index (χ0v) is 17.9. The van der Waals surface area contributed by atoms with Gasteiger partial charge in [0.25, 0.3) is 0 Å². The fraction of sp³-hybridized carbons (Fsp3) is 0.450. The average Bonchev–Trinajstić information content (AvgIpc) is 3.36. The van der Waals surface area contributed by atoms with Gasteiger partial charge in [-0.3, -0.25) is 4.90 Å². The van der Waals surface area contributed by atoms with Crippen molar-refractivity contribution in [1.82, 2.24) is 19.9 Å². The molecule has 0 saturated carbocycles. The van der Waals surface area contributed by atoms with Crippen molar-refractivity contribution in [2.75, 3.05) is 44.7 Å². The van der Waals surface area contributed by atoms with Crippen LogP contribution in [0, 0.1) is 13.8 Å². The third-order valence-electron chi connectivity index (χ3n) is 4.89. The van der Waals surface area contributed by atoms with Gasteiger partial charge in [-0.2, -0.15) is 11.3 Å². The van der Waals surface area contributed by atoms with Crippen LogP contribution in [0.3, 0.4) is 0 Å². The molecule has 3 aromatic heterocycles. The van der Waals surface area contributed by atoms with Crippen molar-refractivity contribution in [3.63, 3.8) is 0 Å². The molecule has 1 saturated heterocycles. The summed E-state index contributed by atoms with van der Waals surface area (Å²) in [5.74, 6) is 0.668. The Labute approximate surface area is 173 Å². The molecule has 28 heavy (non-hydrogen) atoms. The van der Waals surface area contributed by atoms with Crippen LogP contribution >= 0.6 is 22.7 Å². The van der Waals surface area contributed by atoms with E-state index in [9.17, 15) is 0 Å². The zero-order valence-electron chi connectivity index (χ0n) is 16.3. The minimum atomic E-state index is 0.668. The molecule has 1 N–H and O–H groups in total. The molecule has 0 bridgehead atoms. The third-order valence-corrected chi connectivity index (χ3v) is 6.65. The molecule has 0 atom stereocenters. The summed E-state index contributed by atoms with van der Waals surface area (Å²) >= 11 is 3.37. The monoisotopic (exact) mass is 415 g/mol. The van der Waals surface area contributed by atoms with Crippen LogP contribution in [0.5, 0.6) is 0 Å². The zero-order chi connectivity index (χ0) is 19.3. The molecule has 6 nitrogen and oxygen atoms in total. The van der Waals surface area contributed by atoms with Crippen LogP contribution in [0.1, 0.15) is 17.0 Å². The van der Waals surface area contributed by atoms with Gasteiger partial charge in [-0.25, -0.2) is 15.0 Å². The number of anilines is 1. The van der Waals surface area contributed by atoms with Gasteiger partial charge in [0, 0.05) is 36.3 Å². The number of thiazole rings is 1. The number of morpholine rings is 1. The van der Waals surface area contributed by atoms with Gasteiger partial charge in [0.15, 0.2) is 0 Å². The predicted molar refractivity (Wildman–Crippen MR) is 116 cm³/mol. The van der Waals surface area contributed by atoms with Crippen LogP contribution in [0.4, 0.5) is 5.95 Å². The number of aromatic nitrogens is 3. The lowest BCUT2D eigenvalue weighted by Crippen LogP contribution is -2.37. The topological polar surface area (TPSA) is 63.2 Å². The molecule has 1 aliphatic rings. The van der Waals surface area contributed by atoms with Gasteiger partial charge >= 0.3 is 0 Å². The van der Waals surface area contributed by atoms with Gasteiger partial charge < -0.3 is 10.1 Å². The summed E-state index contributed by atoms with van der Waals surface area (Å²) in [6.07, 6.45) is 2.97. The maximum Gasteiger partial charge on any atom is 0.223 e. The highest BCUT2D eigenvalue weighted by Gasteiger charge is 2.16. The molecule has 0 radical (unpaired) electrons. The maximum absolute atomic E-state index is 5.40. The Bertz CT molecular complexity index is 884. The lowest BCUT2D eigenvalue weighted by molar-refractivity contribution is 0.0378. The predicted octanol–water partition coefficient (Wildman–Crippen LogP) is 4.08. The molecule has 0 aromatic carbocycles. The Kier molecular flexibility index (Phi) is 6.31. The van der Waals surface area contributed by atoms with Gasteiger partial charge in [-0.05, 0) is 49.2 Å². The van der Waals surface area contributed by atoms with Crippen LogP contribution < -0.4 is 5.32 Å². The van der Waals surface area contributed by atoms with Crippen LogP contribution in [0.2, 0.25) is 0 Å². The number of ether oxygens (including phenoxy) is 1. The fourth-order valence-corrected chi connectivity index (χ4v) is 4.73. The first-order valence-electron chi connectivity index (χ1n) is 9.58. The lowest BCUT2D eigenvalue weighted by atomic mass is 10.1. The van der Waals surface area contributed by atoms with Gasteiger partial charge in [-0.15, -0.1) is 11.3 Å². The first kappa shape index (κ1) is 19.4. The fourth-order valence-electron chi connectivity index (χ4n) is 3.16. The van der Waals surface area contributed by atoms with Crippen LogP contribution in [-0.4, -0.2) is 59.2 Å². The van der Waals surface area contributed by atoms with Gasteiger partial charge in [0.2, 0.25) is 5.95 Å². The van der Waals surface area contributed by atoms with Crippen molar-refractivity contribution in [3.8, 4) is 21.8 Å². The van der Waals surface area contributed by atoms with E-state index in [-0.39, 0.29) is 0 Å². The van der Waals surface area contributed by atoms with E-state index in [1.54, 1.807) is 22.7 Å². The molecule has 0 amide bonds. The number of hydrogen-bond donors (Lipinski definition) is 1. The Morgan fingerprint density at radius 1 is 1.21 bits per heavy atom. The number of nitrogens with zero attached hydrogens (tertiary/aromatic N) is 4. The summed E-state index contributed by atoms with van der Waals surface area (Å²) in [6.45, 7) is 9.81. The molecule has 0 aliphatic carbocycles. The average molecular weight is 416 g/mol. The quantitative estimate of drug-likeness (QED) is 0.587. The second-order valence-electron chi connectivity index (χ2n) is 6.86. The normalized spacial score (nSPS) is 15.1. The number of rotatable bonds is 7. The minimum Gasteiger partial charge on any atom is -0.379 e. The van der Waals surface area contributed by atoms with E-state index in [0.717, 1.165) is 73.3 Å². The highest BCUT2D eigenvalue weighted by atomic mass is 32.1. The molecule has 4 rings (SSSR count). The summed E-state index contributed by atoms with van der Waals surface area (Å²) in [7, 11) is 0. The van der Waals surface area contributed by atoms with Crippen molar-refractivity contribution < 1.29 is 4.74 Å². The lowest BCUT2D eigenvalue weighted by Gasteiger charge is -2.26. The molecule has 1 fully saturated rings. The first-order chi connectivity index (χ1) is 13.7. The highest BCUT2D eigenvalue weighted by molar-refractivity contribution is 7.15. The second-order valence-corrected chi connectivity index (χ2v) is 8.85. The highest BCUT2D eigenvalue weighted by Crippen LogP contribution is 2.35. The van der Waals surface area contributed by atoms with Crippen LogP contribution in [0.15, 0.2) is 23.0 Å². The van der Waals surface area contributed by atoms with Crippen LogP contribution in [0.25, 0.3) is 21.8 Å². The van der Waals surface area contributed by atoms with E-state index in [0.29, 0.717) is 5.95 Å².